The molecule has 0 radical (unpaired) electrons. The van der Waals surface area contributed by atoms with Crippen molar-refractivity contribution in [3.63, 3.8) is 0 Å². The molecule has 0 atom stereocenters. The van der Waals surface area contributed by atoms with Gasteiger partial charge >= 0.3 is 0 Å². The van der Waals surface area contributed by atoms with Crippen molar-refractivity contribution in [3.05, 3.63) is 77.2 Å². The average molecular weight is 384 g/mol. The summed E-state index contributed by atoms with van der Waals surface area (Å²) in [6.07, 6.45) is 1.44. The molecule has 1 aromatic heterocycles. The van der Waals surface area contributed by atoms with Gasteiger partial charge < -0.3 is 20.4 Å². The van der Waals surface area contributed by atoms with Crippen LogP contribution in [0.1, 0.15) is 16.1 Å². The van der Waals surface area contributed by atoms with Gasteiger partial charge in [-0.3, -0.25) is 9.59 Å². The summed E-state index contributed by atoms with van der Waals surface area (Å²) >= 11 is 6.06. The maximum Gasteiger partial charge on any atom is 0.291 e. The lowest BCUT2D eigenvalue weighted by molar-refractivity contribution is -0.114. The van der Waals surface area contributed by atoms with Crippen molar-refractivity contribution in [1.82, 2.24) is 0 Å². The number of furan rings is 1. The molecule has 138 valence electrons. The number of rotatable bonds is 6. The van der Waals surface area contributed by atoms with Gasteiger partial charge in [-0.1, -0.05) is 23.7 Å². The van der Waals surface area contributed by atoms with Crippen molar-refractivity contribution in [3.8, 4) is 0 Å². The summed E-state index contributed by atoms with van der Waals surface area (Å²) in [7, 11) is 0. The van der Waals surface area contributed by atoms with E-state index in [1.165, 1.54) is 6.26 Å². The summed E-state index contributed by atoms with van der Waals surface area (Å²) in [5, 5.41) is 9.13. The largest absolute Gasteiger partial charge is 0.459 e. The van der Waals surface area contributed by atoms with Crippen molar-refractivity contribution in [2.75, 3.05) is 22.5 Å². The predicted octanol–water partition coefficient (Wildman–Crippen LogP) is 4.54. The quantitative estimate of drug-likeness (QED) is 0.583. The Morgan fingerprint density at radius 3 is 2.48 bits per heavy atom. The van der Waals surface area contributed by atoms with Crippen LogP contribution in [0.3, 0.4) is 0 Å². The lowest BCUT2D eigenvalue weighted by Gasteiger charge is -2.10. The second-order valence-electron chi connectivity index (χ2n) is 5.88. The summed E-state index contributed by atoms with van der Waals surface area (Å²) in [4.78, 5) is 24.1. The number of hydrogen-bond donors (Lipinski definition) is 3. The van der Waals surface area contributed by atoms with E-state index in [2.05, 4.69) is 16.0 Å². The molecule has 3 aromatic rings. The van der Waals surface area contributed by atoms with Gasteiger partial charge in [-0.25, -0.2) is 0 Å². The van der Waals surface area contributed by atoms with E-state index < -0.39 is 0 Å². The van der Waals surface area contributed by atoms with Gasteiger partial charge in [-0.2, -0.15) is 0 Å². The molecule has 0 aliphatic heterocycles. The molecule has 3 N–H and O–H groups in total. The van der Waals surface area contributed by atoms with Crippen molar-refractivity contribution < 1.29 is 14.0 Å². The van der Waals surface area contributed by atoms with Crippen LogP contribution in [0.15, 0.2) is 65.3 Å². The first-order chi connectivity index (χ1) is 13.0. The van der Waals surface area contributed by atoms with Crippen LogP contribution in [0, 0.1) is 6.92 Å². The van der Waals surface area contributed by atoms with Crippen molar-refractivity contribution >= 4 is 40.5 Å². The molecule has 7 heteroatoms. The van der Waals surface area contributed by atoms with Crippen LogP contribution < -0.4 is 16.0 Å². The second-order valence-corrected chi connectivity index (χ2v) is 6.29. The van der Waals surface area contributed by atoms with E-state index in [9.17, 15) is 9.59 Å². The van der Waals surface area contributed by atoms with Gasteiger partial charge in [0.1, 0.15) is 0 Å². The van der Waals surface area contributed by atoms with Crippen LogP contribution in [0.4, 0.5) is 17.1 Å². The topological polar surface area (TPSA) is 83.4 Å². The first-order valence-corrected chi connectivity index (χ1v) is 8.64. The highest BCUT2D eigenvalue weighted by molar-refractivity contribution is 6.31. The van der Waals surface area contributed by atoms with Crippen molar-refractivity contribution in [2.24, 2.45) is 0 Å². The van der Waals surface area contributed by atoms with E-state index in [0.717, 1.165) is 5.56 Å². The Labute approximate surface area is 161 Å². The molecule has 0 unspecified atom stereocenters. The fourth-order valence-corrected chi connectivity index (χ4v) is 2.55. The summed E-state index contributed by atoms with van der Waals surface area (Å²) in [6, 6.07) is 15.6. The van der Waals surface area contributed by atoms with Crippen LogP contribution in [0.2, 0.25) is 5.02 Å². The maximum absolute atomic E-state index is 12.1. The van der Waals surface area contributed by atoms with E-state index >= 15 is 0 Å². The standard InChI is InChI=1S/C20H18ClN3O3/c1-13-7-8-16(11-17(13)21)23-19(25)12-22-14-4-2-5-15(10-14)24-20(26)18-6-3-9-27-18/h2-11,22H,12H2,1H3,(H,23,25)(H,24,26). The number of amides is 2. The SMILES string of the molecule is Cc1ccc(NC(=O)CNc2cccc(NC(=O)c3ccco3)c2)cc1Cl. The number of benzene rings is 2. The zero-order valence-corrected chi connectivity index (χ0v) is 15.3. The van der Waals surface area contributed by atoms with Gasteiger partial charge in [0.2, 0.25) is 5.91 Å². The summed E-state index contributed by atoms with van der Waals surface area (Å²) < 4.78 is 5.06. The highest BCUT2D eigenvalue weighted by Crippen LogP contribution is 2.20. The van der Waals surface area contributed by atoms with Crippen molar-refractivity contribution in [2.45, 2.75) is 6.92 Å². The minimum absolute atomic E-state index is 0.0705. The van der Waals surface area contributed by atoms with Gasteiger partial charge in [-0.15, -0.1) is 0 Å². The molecule has 3 rings (SSSR count). The molecule has 0 bridgehead atoms. The van der Waals surface area contributed by atoms with E-state index in [1.54, 1.807) is 48.5 Å². The molecule has 27 heavy (non-hydrogen) atoms. The smallest absolute Gasteiger partial charge is 0.291 e. The maximum atomic E-state index is 12.1. The van der Waals surface area contributed by atoms with E-state index in [0.29, 0.717) is 22.1 Å². The fraction of sp³-hybridized carbons (Fsp3) is 0.100. The molecule has 0 spiro atoms. The van der Waals surface area contributed by atoms with E-state index in [1.807, 2.05) is 13.0 Å². The second kappa shape index (κ2) is 8.42. The minimum Gasteiger partial charge on any atom is -0.459 e. The van der Waals surface area contributed by atoms with Gasteiger partial charge in [0.05, 0.1) is 12.8 Å². The Balaban J connectivity index is 1.55. The average Bonchev–Trinajstić information content (AvgIpc) is 3.18. The third-order valence-corrected chi connectivity index (χ3v) is 4.18. The molecule has 0 aliphatic rings. The zero-order chi connectivity index (χ0) is 19.2. The molecule has 0 fully saturated rings. The van der Waals surface area contributed by atoms with Crippen molar-refractivity contribution in [1.29, 1.82) is 0 Å². The number of anilines is 3. The molecule has 6 nitrogen and oxygen atoms in total. The molecule has 1 heterocycles. The van der Waals surface area contributed by atoms with Crippen LogP contribution in [-0.2, 0) is 4.79 Å². The normalized spacial score (nSPS) is 10.3. The number of aryl methyl sites for hydroxylation is 1. The molecule has 2 aromatic carbocycles. The third kappa shape index (κ3) is 5.12. The Hall–Kier alpha value is -3.25. The summed E-state index contributed by atoms with van der Waals surface area (Å²) in [6.45, 7) is 1.97. The number of hydrogen-bond acceptors (Lipinski definition) is 4. The first kappa shape index (κ1) is 18.5. The van der Waals surface area contributed by atoms with Gasteiger partial charge in [0, 0.05) is 22.1 Å². The van der Waals surface area contributed by atoms with Crippen LogP contribution in [0.5, 0.6) is 0 Å². The summed E-state index contributed by atoms with van der Waals surface area (Å²) in [5.74, 6) is -0.324. The Kier molecular flexibility index (Phi) is 5.78. The zero-order valence-electron chi connectivity index (χ0n) is 14.6. The predicted molar refractivity (Wildman–Crippen MR) is 106 cm³/mol. The Bertz CT molecular complexity index is 955. The lowest BCUT2D eigenvalue weighted by Crippen LogP contribution is -2.21. The van der Waals surface area contributed by atoms with Crippen LogP contribution in [0.25, 0.3) is 0 Å². The van der Waals surface area contributed by atoms with Gasteiger partial charge in [-0.05, 0) is 55.0 Å². The lowest BCUT2D eigenvalue weighted by atomic mass is 10.2. The third-order valence-electron chi connectivity index (χ3n) is 3.77. The molecule has 0 saturated heterocycles. The number of carbonyl (C=O) groups is 2. The van der Waals surface area contributed by atoms with Crippen LogP contribution in [-0.4, -0.2) is 18.4 Å². The van der Waals surface area contributed by atoms with E-state index in [4.69, 9.17) is 16.0 Å². The highest BCUT2D eigenvalue weighted by atomic mass is 35.5. The van der Waals surface area contributed by atoms with Gasteiger partial charge in [0.25, 0.3) is 5.91 Å². The molecule has 0 saturated carbocycles. The highest BCUT2D eigenvalue weighted by Gasteiger charge is 2.09. The van der Waals surface area contributed by atoms with Crippen LogP contribution >= 0.6 is 11.6 Å². The molecular formula is C20H18ClN3O3. The Morgan fingerprint density at radius 2 is 1.74 bits per heavy atom. The van der Waals surface area contributed by atoms with Gasteiger partial charge in [0.15, 0.2) is 5.76 Å². The Morgan fingerprint density at radius 1 is 0.963 bits per heavy atom. The number of nitrogens with one attached hydrogen (secondary N) is 3. The molecule has 2 amide bonds. The molecule has 0 aliphatic carbocycles. The molecular weight excluding hydrogens is 366 g/mol. The number of halogens is 1. The summed E-state index contributed by atoms with van der Waals surface area (Å²) in [5.41, 5.74) is 2.87. The number of carbonyl (C=O) groups excluding carboxylic acids is 2. The van der Waals surface area contributed by atoms with E-state index in [-0.39, 0.29) is 24.1 Å². The first-order valence-electron chi connectivity index (χ1n) is 8.26. The monoisotopic (exact) mass is 383 g/mol. The minimum atomic E-state index is -0.342. The fourth-order valence-electron chi connectivity index (χ4n) is 2.37.